The SMILES string of the molecule is Cc1nc(CN2C(=O)CN(C(C(=O)N[C@@H](Cc3ccccc3)[C@H](O)CN(CC3CCCC3)S(=O)(=O)c3ccc(/C=N/O)cc3)C(C)C)C2=O)cs1. The number of sulfonamides is 1. The van der Waals surface area contributed by atoms with E-state index in [2.05, 4.69) is 15.5 Å². The molecule has 2 aliphatic rings. The number of amides is 4. The van der Waals surface area contributed by atoms with Gasteiger partial charge in [-0.1, -0.05) is 74.3 Å². The Morgan fingerprint density at radius 1 is 1.12 bits per heavy atom. The number of hydrogen-bond donors (Lipinski definition) is 3. The molecule has 1 saturated heterocycles. The van der Waals surface area contributed by atoms with E-state index in [-0.39, 0.29) is 43.4 Å². The number of nitrogens with zero attached hydrogens (tertiary/aromatic N) is 5. The van der Waals surface area contributed by atoms with Crippen LogP contribution >= 0.6 is 11.3 Å². The van der Waals surface area contributed by atoms with Crippen molar-refractivity contribution in [2.75, 3.05) is 19.6 Å². The summed E-state index contributed by atoms with van der Waals surface area (Å²) in [7, 11) is -4.08. The van der Waals surface area contributed by atoms with E-state index in [1.165, 1.54) is 51.0 Å². The van der Waals surface area contributed by atoms with Crippen LogP contribution in [0.15, 0.2) is 70.0 Å². The summed E-state index contributed by atoms with van der Waals surface area (Å²) in [5, 5.41) is 29.3. The van der Waals surface area contributed by atoms with Gasteiger partial charge in [0.05, 0.1) is 40.5 Å². The van der Waals surface area contributed by atoms with Gasteiger partial charge in [0, 0.05) is 18.5 Å². The van der Waals surface area contributed by atoms with Crippen LogP contribution in [0.2, 0.25) is 0 Å². The highest BCUT2D eigenvalue weighted by Crippen LogP contribution is 2.29. The fourth-order valence-electron chi connectivity index (χ4n) is 6.83. The Bertz CT molecular complexity index is 1790. The number of carbonyl (C=O) groups excluding carboxylic acids is 3. The van der Waals surface area contributed by atoms with Crippen LogP contribution in [0.3, 0.4) is 0 Å². The van der Waals surface area contributed by atoms with Crippen LogP contribution in [0.25, 0.3) is 0 Å². The summed E-state index contributed by atoms with van der Waals surface area (Å²) < 4.78 is 29.5. The van der Waals surface area contributed by atoms with Crippen molar-refractivity contribution < 1.29 is 33.1 Å². The molecule has 0 spiro atoms. The van der Waals surface area contributed by atoms with Gasteiger partial charge in [-0.25, -0.2) is 18.2 Å². The molecule has 1 aliphatic carbocycles. The molecule has 3 aromatic rings. The van der Waals surface area contributed by atoms with Crippen molar-refractivity contribution in [2.24, 2.45) is 17.0 Å². The molecule has 51 heavy (non-hydrogen) atoms. The molecule has 1 aromatic heterocycles. The van der Waals surface area contributed by atoms with Gasteiger partial charge in [-0.05, 0) is 61.3 Å². The molecular weight excluding hydrogens is 693 g/mol. The molecular formula is C36H46N6O7S2. The summed E-state index contributed by atoms with van der Waals surface area (Å²) in [6.45, 7) is 5.05. The normalized spacial score (nSPS) is 17.6. The minimum Gasteiger partial charge on any atom is -0.411 e. The Kier molecular flexibility index (Phi) is 12.6. The smallest absolute Gasteiger partial charge is 0.328 e. The fraction of sp³-hybridized carbons (Fsp3) is 0.472. The minimum atomic E-state index is -4.08. The van der Waals surface area contributed by atoms with Crippen LogP contribution in [0.1, 0.15) is 61.4 Å². The molecule has 3 N–H and O–H groups in total. The van der Waals surface area contributed by atoms with E-state index in [4.69, 9.17) is 5.21 Å². The highest BCUT2D eigenvalue weighted by molar-refractivity contribution is 7.89. The van der Waals surface area contributed by atoms with Gasteiger partial charge in [0.15, 0.2) is 0 Å². The van der Waals surface area contributed by atoms with Crippen molar-refractivity contribution in [3.8, 4) is 0 Å². The van der Waals surface area contributed by atoms with E-state index in [1.807, 2.05) is 37.3 Å². The summed E-state index contributed by atoms with van der Waals surface area (Å²) in [4.78, 5) is 47.5. The fourth-order valence-corrected chi connectivity index (χ4v) is 8.97. The Morgan fingerprint density at radius 3 is 2.41 bits per heavy atom. The Morgan fingerprint density at radius 2 is 1.80 bits per heavy atom. The quantitative estimate of drug-likeness (QED) is 0.0856. The molecule has 0 bridgehead atoms. The third kappa shape index (κ3) is 9.39. The Labute approximate surface area is 303 Å². The topological polar surface area (TPSA) is 173 Å². The Balaban J connectivity index is 1.39. The van der Waals surface area contributed by atoms with E-state index in [0.29, 0.717) is 11.3 Å². The standard InChI is InChI=1S/C36H46N6O7S2/c1-24(2)34(42-22-33(44)41(36(42)46)20-29-23-50-25(3)38-29)35(45)39-31(17-26-9-5-4-6-10-26)32(43)21-40(19-28-11-7-8-12-28)51(48,49)30-15-13-27(14-16-30)18-37-47/h4-6,9-10,13-16,18,23-24,28,31-32,34,43,47H,7-8,11-12,17,19-22H2,1-3H3,(H,39,45)/b37-18+/t31-,32+,34?/m0/s1. The molecule has 15 heteroatoms. The second kappa shape index (κ2) is 16.9. The summed E-state index contributed by atoms with van der Waals surface area (Å²) in [6, 6.07) is 12.6. The van der Waals surface area contributed by atoms with E-state index >= 15 is 0 Å². The summed E-state index contributed by atoms with van der Waals surface area (Å²) >= 11 is 1.42. The maximum Gasteiger partial charge on any atom is 0.328 e. The van der Waals surface area contributed by atoms with E-state index in [0.717, 1.165) is 41.2 Å². The number of thiazole rings is 1. The lowest BCUT2D eigenvalue weighted by atomic mass is 9.97. The first-order valence-corrected chi connectivity index (χ1v) is 19.5. The molecule has 0 radical (unpaired) electrons. The van der Waals surface area contributed by atoms with Crippen LogP contribution < -0.4 is 5.32 Å². The van der Waals surface area contributed by atoms with E-state index < -0.39 is 52.0 Å². The predicted molar refractivity (Wildman–Crippen MR) is 193 cm³/mol. The van der Waals surface area contributed by atoms with Gasteiger partial charge in [0.2, 0.25) is 15.9 Å². The van der Waals surface area contributed by atoms with Gasteiger partial charge in [0.25, 0.3) is 5.91 Å². The third-order valence-electron chi connectivity index (χ3n) is 9.45. The molecule has 1 aliphatic heterocycles. The first kappa shape index (κ1) is 38.1. The van der Waals surface area contributed by atoms with Crippen LogP contribution in [-0.2, 0) is 32.6 Å². The molecule has 3 atom stereocenters. The lowest BCUT2D eigenvalue weighted by Crippen LogP contribution is -2.57. The van der Waals surface area contributed by atoms with Gasteiger partial charge in [-0.3, -0.25) is 14.5 Å². The predicted octanol–water partition coefficient (Wildman–Crippen LogP) is 4.02. The number of aryl methyl sites for hydroxylation is 1. The van der Waals surface area contributed by atoms with Gasteiger partial charge in [-0.2, -0.15) is 4.31 Å². The van der Waals surface area contributed by atoms with Gasteiger partial charge in [-0.15, -0.1) is 11.3 Å². The molecule has 1 unspecified atom stereocenters. The molecule has 2 fully saturated rings. The average molecular weight is 739 g/mol. The first-order valence-electron chi connectivity index (χ1n) is 17.2. The third-order valence-corrected chi connectivity index (χ3v) is 12.1. The van der Waals surface area contributed by atoms with Crippen molar-refractivity contribution in [1.82, 2.24) is 24.4 Å². The lowest BCUT2D eigenvalue weighted by molar-refractivity contribution is -0.129. The second-order valence-corrected chi connectivity index (χ2v) is 16.6. The summed E-state index contributed by atoms with van der Waals surface area (Å²) in [5.41, 5.74) is 1.92. The zero-order valence-corrected chi connectivity index (χ0v) is 30.7. The van der Waals surface area contributed by atoms with Crippen LogP contribution in [-0.4, -0.2) is 99.7 Å². The summed E-state index contributed by atoms with van der Waals surface area (Å²) in [6.07, 6.45) is 3.79. The van der Waals surface area contributed by atoms with Gasteiger partial charge < -0.3 is 20.5 Å². The van der Waals surface area contributed by atoms with Crippen molar-refractivity contribution in [3.05, 3.63) is 81.8 Å². The number of aliphatic hydroxyl groups is 1. The number of nitrogens with one attached hydrogen (secondary N) is 1. The molecule has 5 rings (SSSR count). The number of rotatable bonds is 16. The molecule has 4 amide bonds. The second-order valence-electron chi connectivity index (χ2n) is 13.6. The number of hydrogen-bond acceptors (Lipinski definition) is 10. The number of imide groups is 1. The number of urea groups is 1. The number of benzene rings is 2. The Hall–Kier alpha value is -4.18. The number of aromatic nitrogens is 1. The zero-order valence-electron chi connectivity index (χ0n) is 29.1. The van der Waals surface area contributed by atoms with Crippen molar-refractivity contribution in [3.63, 3.8) is 0 Å². The maximum atomic E-state index is 14.1. The first-order chi connectivity index (χ1) is 24.4. The molecule has 2 heterocycles. The van der Waals surface area contributed by atoms with E-state index in [9.17, 15) is 27.9 Å². The van der Waals surface area contributed by atoms with Crippen molar-refractivity contribution in [1.29, 1.82) is 0 Å². The zero-order chi connectivity index (χ0) is 36.7. The van der Waals surface area contributed by atoms with E-state index in [1.54, 1.807) is 19.2 Å². The lowest BCUT2D eigenvalue weighted by Gasteiger charge is -2.34. The van der Waals surface area contributed by atoms with Gasteiger partial charge >= 0.3 is 6.03 Å². The summed E-state index contributed by atoms with van der Waals surface area (Å²) in [5.74, 6) is -1.26. The van der Waals surface area contributed by atoms with Crippen molar-refractivity contribution in [2.45, 2.75) is 82.5 Å². The average Bonchev–Trinajstić information content (AvgIpc) is 3.83. The van der Waals surface area contributed by atoms with Crippen LogP contribution in [0, 0.1) is 18.8 Å². The highest BCUT2D eigenvalue weighted by Gasteiger charge is 2.44. The van der Waals surface area contributed by atoms with Crippen molar-refractivity contribution >= 4 is 45.4 Å². The number of oxime groups is 1. The number of carbonyl (C=O) groups is 3. The highest BCUT2D eigenvalue weighted by atomic mass is 32.2. The molecule has 2 aromatic carbocycles. The number of aliphatic hydroxyl groups excluding tert-OH is 1. The van der Waals surface area contributed by atoms with Gasteiger partial charge in [0.1, 0.15) is 12.6 Å². The largest absolute Gasteiger partial charge is 0.411 e. The van der Waals surface area contributed by atoms with Crippen LogP contribution in [0.5, 0.6) is 0 Å². The van der Waals surface area contributed by atoms with Crippen LogP contribution in [0.4, 0.5) is 4.79 Å². The minimum absolute atomic E-state index is 0.00331. The molecule has 274 valence electrons. The molecule has 13 nitrogen and oxygen atoms in total. The maximum absolute atomic E-state index is 14.1. The molecule has 1 saturated carbocycles. The monoisotopic (exact) mass is 738 g/mol.